The lowest BCUT2D eigenvalue weighted by Crippen LogP contribution is -2.28. The smallest absolute Gasteiger partial charge is 0.274 e. The molecule has 1 heterocycles. The van der Waals surface area contributed by atoms with Crippen molar-refractivity contribution in [1.29, 1.82) is 0 Å². The summed E-state index contributed by atoms with van der Waals surface area (Å²) in [6.07, 6.45) is 0.0138. The summed E-state index contributed by atoms with van der Waals surface area (Å²) < 4.78 is 0. The van der Waals surface area contributed by atoms with Crippen molar-refractivity contribution >= 4 is 34.7 Å². The Morgan fingerprint density at radius 1 is 1.21 bits per heavy atom. The number of hydrogen-bond donors (Lipinski definition) is 1. The first-order chi connectivity index (χ1) is 13.3. The molecule has 0 radical (unpaired) electrons. The van der Waals surface area contributed by atoms with E-state index in [0.29, 0.717) is 22.5 Å². The number of amides is 2. The van der Waals surface area contributed by atoms with Crippen LogP contribution in [0.2, 0.25) is 0 Å². The van der Waals surface area contributed by atoms with Gasteiger partial charge in [0.05, 0.1) is 16.5 Å². The molecule has 1 saturated heterocycles. The Morgan fingerprint density at radius 3 is 2.64 bits per heavy atom. The number of ketones is 1. The Bertz CT molecular complexity index is 986. The van der Waals surface area contributed by atoms with Crippen LogP contribution in [-0.4, -0.2) is 29.1 Å². The summed E-state index contributed by atoms with van der Waals surface area (Å²) >= 11 is 0. The van der Waals surface area contributed by atoms with Crippen molar-refractivity contribution < 1.29 is 19.3 Å². The molecule has 1 fully saturated rings. The Hall–Kier alpha value is -3.55. The van der Waals surface area contributed by atoms with Gasteiger partial charge in [-0.25, -0.2) is 0 Å². The van der Waals surface area contributed by atoms with E-state index in [1.54, 1.807) is 43.3 Å². The first-order valence-electron chi connectivity index (χ1n) is 8.73. The van der Waals surface area contributed by atoms with Crippen LogP contribution < -0.4 is 10.2 Å². The lowest BCUT2D eigenvalue weighted by atomic mass is 10.1. The minimum Gasteiger partial charge on any atom is -0.326 e. The summed E-state index contributed by atoms with van der Waals surface area (Å²) in [4.78, 5) is 48.4. The van der Waals surface area contributed by atoms with Crippen molar-refractivity contribution in [3.8, 4) is 0 Å². The van der Waals surface area contributed by atoms with Crippen molar-refractivity contribution in [2.45, 2.75) is 20.3 Å². The number of anilines is 2. The number of carbonyl (C=O) groups is 3. The normalized spacial score (nSPS) is 16.1. The Morgan fingerprint density at radius 2 is 1.96 bits per heavy atom. The van der Waals surface area contributed by atoms with Gasteiger partial charge >= 0.3 is 0 Å². The van der Waals surface area contributed by atoms with Crippen LogP contribution in [0.4, 0.5) is 17.1 Å². The highest BCUT2D eigenvalue weighted by Gasteiger charge is 2.35. The van der Waals surface area contributed by atoms with Gasteiger partial charge in [-0.15, -0.1) is 0 Å². The van der Waals surface area contributed by atoms with Gasteiger partial charge in [-0.2, -0.15) is 0 Å². The number of benzene rings is 2. The quantitative estimate of drug-likeness (QED) is 0.486. The summed E-state index contributed by atoms with van der Waals surface area (Å²) in [6, 6.07) is 11.1. The molecule has 3 rings (SSSR count). The van der Waals surface area contributed by atoms with Crippen molar-refractivity contribution in [1.82, 2.24) is 0 Å². The number of aryl methyl sites for hydroxylation is 1. The van der Waals surface area contributed by atoms with E-state index in [1.807, 2.05) is 0 Å². The molecule has 1 N–H and O–H groups in total. The van der Waals surface area contributed by atoms with Gasteiger partial charge in [0.1, 0.15) is 0 Å². The monoisotopic (exact) mass is 381 g/mol. The molecule has 0 aliphatic carbocycles. The molecule has 1 aliphatic heterocycles. The standard InChI is InChI=1S/C20H19N3O5/c1-12-6-7-17(10-18(12)23(27)28)22-11-15(9-19(22)25)20(26)21-16-5-3-4-14(8-16)13(2)24/h3-8,10,15H,9,11H2,1-2H3,(H,21,26)/t15-/m0/s1. The molecule has 0 bridgehead atoms. The lowest BCUT2D eigenvalue weighted by Gasteiger charge is -2.17. The van der Waals surface area contributed by atoms with Crippen LogP contribution in [-0.2, 0) is 9.59 Å². The summed E-state index contributed by atoms with van der Waals surface area (Å²) in [5.74, 6) is -1.30. The Labute approximate surface area is 161 Å². The van der Waals surface area contributed by atoms with Crippen LogP contribution in [0, 0.1) is 23.0 Å². The predicted molar refractivity (Wildman–Crippen MR) is 103 cm³/mol. The maximum atomic E-state index is 12.6. The molecule has 2 amide bonds. The maximum Gasteiger partial charge on any atom is 0.274 e. The molecule has 8 heteroatoms. The number of carbonyl (C=O) groups excluding carboxylic acids is 3. The van der Waals surface area contributed by atoms with Gasteiger partial charge in [-0.3, -0.25) is 24.5 Å². The van der Waals surface area contributed by atoms with E-state index >= 15 is 0 Å². The van der Waals surface area contributed by atoms with Crippen LogP contribution in [0.15, 0.2) is 42.5 Å². The van der Waals surface area contributed by atoms with Crippen LogP contribution in [0.3, 0.4) is 0 Å². The molecule has 0 aromatic heterocycles. The number of nitro benzene ring substituents is 1. The summed E-state index contributed by atoms with van der Waals surface area (Å²) in [6.45, 7) is 3.20. The molecule has 0 saturated carbocycles. The third kappa shape index (κ3) is 3.90. The van der Waals surface area contributed by atoms with E-state index in [0.717, 1.165) is 0 Å². The van der Waals surface area contributed by atoms with E-state index in [-0.39, 0.29) is 36.3 Å². The minimum absolute atomic E-state index is 0.0138. The van der Waals surface area contributed by atoms with Crippen molar-refractivity contribution in [3.05, 3.63) is 63.7 Å². The molecule has 2 aromatic rings. The number of rotatable bonds is 5. The van der Waals surface area contributed by atoms with Gasteiger partial charge in [-0.05, 0) is 32.0 Å². The number of nitrogens with zero attached hydrogens (tertiary/aromatic N) is 2. The highest BCUT2D eigenvalue weighted by atomic mass is 16.6. The molecule has 2 aromatic carbocycles. The maximum absolute atomic E-state index is 12.6. The lowest BCUT2D eigenvalue weighted by molar-refractivity contribution is -0.385. The van der Waals surface area contributed by atoms with Gasteiger partial charge in [0, 0.05) is 35.8 Å². The van der Waals surface area contributed by atoms with Gasteiger partial charge in [0.15, 0.2) is 5.78 Å². The zero-order valence-corrected chi connectivity index (χ0v) is 15.5. The van der Waals surface area contributed by atoms with E-state index in [9.17, 15) is 24.5 Å². The van der Waals surface area contributed by atoms with Gasteiger partial charge in [0.2, 0.25) is 11.8 Å². The van der Waals surface area contributed by atoms with Crippen LogP contribution in [0.1, 0.15) is 29.3 Å². The average Bonchev–Trinajstić information content (AvgIpc) is 3.04. The number of Topliss-reactive ketones (excluding diaryl/α,β-unsaturated/α-hetero) is 1. The number of nitrogens with one attached hydrogen (secondary N) is 1. The average molecular weight is 381 g/mol. The molecular weight excluding hydrogens is 362 g/mol. The summed E-state index contributed by atoms with van der Waals surface area (Å²) in [5, 5.41) is 13.9. The van der Waals surface area contributed by atoms with Crippen molar-refractivity contribution in [3.63, 3.8) is 0 Å². The Balaban J connectivity index is 1.75. The van der Waals surface area contributed by atoms with Crippen molar-refractivity contribution in [2.75, 3.05) is 16.8 Å². The number of hydrogen-bond acceptors (Lipinski definition) is 5. The second-order valence-corrected chi connectivity index (χ2v) is 6.76. The third-order valence-corrected chi connectivity index (χ3v) is 4.73. The van der Waals surface area contributed by atoms with E-state index < -0.39 is 10.8 Å². The molecule has 144 valence electrons. The van der Waals surface area contributed by atoms with Gasteiger partial charge in [-0.1, -0.05) is 18.2 Å². The molecule has 28 heavy (non-hydrogen) atoms. The van der Waals surface area contributed by atoms with E-state index in [4.69, 9.17) is 0 Å². The highest BCUT2D eigenvalue weighted by Crippen LogP contribution is 2.30. The van der Waals surface area contributed by atoms with E-state index in [1.165, 1.54) is 17.9 Å². The molecule has 0 spiro atoms. The largest absolute Gasteiger partial charge is 0.326 e. The second kappa shape index (κ2) is 7.59. The third-order valence-electron chi connectivity index (χ3n) is 4.73. The number of nitro groups is 1. The summed E-state index contributed by atoms with van der Waals surface area (Å²) in [5.41, 5.74) is 1.79. The van der Waals surface area contributed by atoms with Crippen LogP contribution in [0.5, 0.6) is 0 Å². The fraction of sp³-hybridized carbons (Fsp3) is 0.250. The molecule has 1 aliphatic rings. The van der Waals surface area contributed by atoms with Gasteiger partial charge in [0.25, 0.3) is 5.69 Å². The van der Waals surface area contributed by atoms with E-state index in [2.05, 4.69) is 5.32 Å². The zero-order valence-electron chi connectivity index (χ0n) is 15.5. The Kier molecular flexibility index (Phi) is 5.21. The molecular formula is C20H19N3O5. The SMILES string of the molecule is CC(=O)c1cccc(NC(=O)[C@H]2CC(=O)N(c3ccc(C)c([N+](=O)[O-])c3)C2)c1. The van der Waals surface area contributed by atoms with Crippen LogP contribution >= 0.6 is 0 Å². The second-order valence-electron chi connectivity index (χ2n) is 6.76. The minimum atomic E-state index is -0.589. The predicted octanol–water partition coefficient (Wildman–Crippen LogP) is 3.10. The topological polar surface area (TPSA) is 110 Å². The molecule has 8 nitrogen and oxygen atoms in total. The first-order valence-corrected chi connectivity index (χ1v) is 8.73. The zero-order chi connectivity index (χ0) is 20.4. The fourth-order valence-corrected chi connectivity index (χ4v) is 3.16. The first kappa shape index (κ1) is 19.2. The highest BCUT2D eigenvalue weighted by molar-refractivity contribution is 6.04. The van der Waals surface area contributed by atoms with Gasteiger partial charge < -0.3 is 10.2 Å². The van der Waals surface area contributed by atoms with Crippen molar-refractivity contribution in [2.24, 2.45) is 5.92 Å². The fourth-order valence-electron chi connectivity index (χ4n) is 3.16. The molecule has 1 atom stereocenters. The molecule has 0 unspecified atom stereocenters. The summed E-state index contributed by atoms with van der Waals surface area (Å²) in [7, 11) is 0. The van der Waals surface area contributed by atoms with Crippen LogP contribution in [0.25, 0.3) is 0 Å².